The summed E-state index contributed by atoms with van der Waals surface area (Å²) >= 11 is 3.43. The van der Waals surface area contributed by atoms with Crippen LogP contribution in [0.15, 0.2) is 27.5 Å². The molecule has 0 unspecified atom stereocenters. The van der Waals surface area contributed by atoms with Crippen LogP contribution in [0.3, 0.4) is 0 Å². The summed E-state index contributed by atoms with van der Waals surface area (Å²) in [5.74, 6) is 1.44. The molecule has 0 N–H and O–H groups in total. The van der Waals surface area contributed by atoms with E-state index in [1.54, 1.807) is 12.4 Å². The van der Waals surface area contributed by atoms with Gasteiger partial charge < -0.3 is 9.42 Å². The highest BCUT2D eigenvalue weighted by Crippen LogP contribution is 2.40. The molecule has 0 amide bonds. The zero-order valence-electron chi connectivity index (χ0n) is 11.8. The van der Waals surface area contributed by atoms with Crippen LogP contribution in [-0.2, 0) is 5.41 Å². The van der Waals surface area contributed by atoms with Crippen molar-refractivity contribution in [2.75, 3.05) is 19.6 Å². The lowest BCUT2D eigenvalue weighted by Crippen LogP contribution is -2.50. The van der Waals surface area contributed by atoms with E-state index >= 15 is 0 Å². The predicted molar refractivity (Wildman–Crippen MR) is 81.8 cm³/mol. The fourth-order valence-corrected chi connectivity index (χ4v) is 4.00. The normalized spacial score (nSPS) is 28.5. The maximum absolute atomic E-state index is 5.64. The molecule has 4 heterocycles. The molecule has 0 aromatic carbocycles. The van der Waals surface area contributed by atoms with Crippen LogP contribution in [0.1, 0.15) is 31.6 Å². The molecule has 2 aliphatic heterocycles. The third kappa shape index (κ3) is 2.40. The van der Waals surface area contributed by atoms with Gasteiger partial charge in [0.2, 0.25) is 11.7 Å². The number of nitrogens with zero attached hydrogens (tertiary/aromatic N) is 4. The zero-order chi connectivity index (χ0) is 14.3. The lowest BCUT2D eigenvalue weighted by molar-refractivity contribution is 0.0711. The van der Waals surface area contributed by atoms with Crippen LogP contribution < -0.4 is 0 Å². The molecule has 0 radical (unpaired) electrons. The van der Waals surface area contributed by atoms with Crippen molar-refractivity contribution in [3.05, 3.63) is 28.8 Å². The molecule has 0 aliphatic carbocycles. The molecule has 5 nitrogen and oxygen atoms in total. The van der Waals surface area contributed by atoms with Crippen molar-refractivity contribution in [3.8, 4) is 11.4 Å². The van der Waals surface area contributed by atoms with E-state index in [1.165, 1.54) is 25.9 Å². The third-order valence-corrected chi connectivity index (χ3v) is 5.06. The average Bonchev–Trinajstić information content (AvgIpc) is 2.98. The SMILES string of the molecule is Brc1cncc(-c2noc(C34CCCN(CCC3)C4)n2)c1. The number of hydrogen-bond acceptors (Lipinski definition) is 5. The smallest absolute Gasteiger partial charge is 0.234 e. The van der Waals surface area contributed by atoms with E-state index in [0.717, 1.165) is 35.3 Å². The molecule has 2 bridgehead atoms. The van der Waals surface area contributed by atoms with Crippen molar-refractivity contribution < 1.29 is 4.52 Å². The number of pyridine rings is 1. The van der Waals surface area contributed by atoms with Gasteiger partial charge in [0.05, 0.1) is 5.41 Å². The summed E-state index contributed by atoms with van der Waals surface area (Å²) in [6.45, 7) is 3.47. The fourth-order valence-electron chi connectivity index (χ4n) is 3.63. The molecular formula is C15H17BrN4O. The van der Waals surface area contributed by atoms with E-state index in [0.29, 0.717) is 5.82 Å². The second kappa shape index (κ2) is 5.18. The van der Waals surface area contributed by atoms with Gasteiger partial charge in [-0.2, -0.15) is 4.98 Å². The maximum atomic E-state index is 5.64. The van der Waals surface area contributed by atoms with Crippen LogP contribution in [-0.4, -0.2) is 39.7 Å². The van der Waals surface area contributed by atoms with Crippen molar-refractivity contribution in [3.63, 3.8) is 0 Å². The monoisotopic (exact) mass is 348 g/mol. The molecule has 2 saturated heterocycles. The summed E-state index contributed by atoms with van der Waals surface area (Å²) in [7, 11) is 0. The van der Waals surface area contributed by atoms with Crippen molar-refractivity contribution in [1.82, 2.24) is 20.0 Å². The summed E-state index contributed by atoms with van der Waals surface area (Å²) in [6.07, 6.45) is 8.27. The van der Waals surface area contributed by atoms with Gasteiger partial charge in [-0.05, 0) is 60.8 Å². The Morgan fingerprint density at radius 1 is 1.19 bits per heavy atom. The Kier molecular flexibility index (Phi) is 3.30. The van der Waals surface area contributed by atoms with Crippen LogP contribution in [0, 0.1) is 0 Å². The number of fused-ring (bicyclic) bond motifs is 2. The van der Waals surface area contributed by atoms with Gasteiger partial charge in [-0.1, -0.05) is 5.16 Å². The van der Waals surface area contributed by atoms with Gasteiger partial charge in [0.25, 0.3) is 0 Å². The number of aromatic nitrogens is 3. The Balaban J connectivity index is 1.68. The van der Waals surface area contributed by atoms with Crippen molar-refractivity contribution >= 4 is 15.9 Å². The van der Waals surface area contributed by atoms with E-state index in [-0.39, 0.29) is 5.41 Å². The Bertz CT molecular complexity index is 647. The van der Waals surface area contributed by atoms with Crippen LogP contribution in [0.2, 0.25) is 0 Å². The van der Waals surface area contributed by atoms with E-state index in [2.05, 4.69) is 31.0 Å². The number of rotatable bonds is 2. The molecule has 2 aliphatic rings. The zero-order valence-corrected chi connectivity index (χ0v) is 13.3. The first kappa shape index (κ1) is 13.4. The Labute approximate surface area is 131 Å². The lowest BCUT2D eigenvalue weighted by Gasteiger charge is -2.44. The Hall–Kier alpha value is -1.27. The third-order valence-electron chi connectivity index (χ3n) is 4.63. The lowest BCUT2D eigenvalue weighted by atomic mass is 9.73. The molecule has 2 fully saturated rings. The first-order valence-electron chi connectivity index (χ1n) is 7.43. The average molecular weight is 349 g/mol. The summed E-state index contributed by atoms with van der Waals surface area (Å²) in [4.78, 5) is 11.4. The fraction of sp³-hybridized carbons (Fsp3) is 0.533. The van der Waals surface area contributed by atoms with Crippen molar-refractivity contribution in [2.45, 2.75) is 31.1 Å². The highest BCUT2D eigenvalue weighted by molar-refractivity contribution is 9.10. The minimum absolute atomic E-state index is 0.0706. The van der Waals surface area contributed by atoms with Gasteiger partial charge in [-0.3, -0.25) is 4.98 Å². The molecule has 2 aromatic rings. The van der Waals surface area contributed by atoms with E-state index in [1.807, 2.05) is 6.07 Å². The van der Waals surface area contributed by atoms with Gasteiger partial charge in [-0.25, -0.2) is 0 Å². The molecule has 0 saturated carbocycles. The number of piperidine rings is 2. The predicted octanol–water partition coefficient (Wildman–Crippen LogP) is 3.02. The molecule has 0 atom stereocenters. The minimum atomic E-state index is 0.0706. The van der Waals surface area contributed by atoms with E-state index in [4.69, 9.17) is 9.51 Å². The first-order chi connectivity index (χ1) is 10.3. The molecule has 6 heteroatoms. The standard InChI is InChI=1S/C15H17BrN4O/c16-12-7-11(8-17-9-12)13-18-14(21-19-13)15-3-1-5-20(10-15)6-2-4-15/h7-9H,1-6,10H2. The largest absolute Gasteiger partial charge is 0.338 e. The van der Waals surface area contributed by atoms with Gasteiger partial charge in [0, 0.05) is 29.0 Å². The first-order valence-corrected chi connectivity index (χ1v) is 8.22. The molecule has 110 valence electrons. The van der Waals surface area contributed by atoms with Crippen LogP contribution in [0.25, 0.3) is 11.4 Å². The molecule has 0 spiro atoms. The van der Waals surface area contributed by atoms with Crippen LogP contribution in [0.5, 0.6) is 0 Å². The van der Waals surface area contributed by atoms with Crippen LogP contribution >= 0.6 is 15.9 Å². The van der Waals surface area contributed by atoms with Gasteiger partial charge >= 0.3 is 0 Å². The van der Waals surface area contributed by atoms with Crippen LogP contribution in [0.4, 0.5) is 0 Å². The summed E-state index contributed by atoms with van der Waals surface area (Å²) < 4.78 is 6.57. The molecule has 2 aromatic heterocycles. The minimum Gasteiger partial charge on any atom is -0.338 e. The topological polar surface area (TPSA) is 55.1 Å². The Morgan fingerprint density at radius 3 is 2.76 bits per heavy atom. The molecule has 21 heavy (non-hydrogen) atoms. The Morgan fingerprint density at radius 2 is 2.00 bits per heavy atom. The summed E-state index contributed by atoms with van der Waals surface area (Å²) in [6, 6.07) is 1.97. The second-order valence-electron chi connectivity index (χ2n) is 6.08. The van der Waals surface area contributed by atoms with Gasteiger partial charge in [0.1, 0.15) is 0 Å². The van der Waals surface area contributed by atoms with Crippen molar-refractivity contribution in [1.29, 1.82) is 0 Å². The highest BCUT2D eigenvalue weighted by Gasteiger charge is 2.43. The second-order valence-corrected chi connectivity index (χ2v) is 6.99. The summed E-state index contributed by atoms with van der Waals surface area (Å²) in [5.41, 5.74) is 0.959. The van der Waals surface area contributed by atoms with E-state index < -0.39 is 0 Å². The maximum Gasteiger partial charge on any atom is 0.234 e. The van der Waals surface area contributed by atoms with Crippen molar-refractivity contribution in [2.24, 2.45) is 0 Å². The van der Waals surface area contributed by atoms with Gasteiger partial charge in [-0.15, -0.1) is 0 Å². The van der Waals surface area contributed by atoms with E-state index in [9.17, 15) is 0 Å². The highest BCUT2D eigenvalue weighted by atomic mass is 79.9. The quantitative estimate of drug-likeness (QED) is 0.834. The van der Waals surface area contributed by atoms with Gasteiger partial charge in [0.15, 0.2) is 0 Å². The summed E-state index contributed by atoms with van der Waals surface area (Å²) in [5, 5.41) is 4.18. The number of halogens is 1. The number of hydrogen-bond donors (Lipinski definition) is 0. The molecule has 4 rings (SSSR count). The molecular weight excluding hydrogens is 332 g/mol.